The molecule has 44 heavy (non-hydrogen) atoms. The maximum atomic E-state index is 14.7. The van der Waals surface area contributed by atoms with Gasteiger partial charge in [0.15, 0.2) is 13.9 Å². The third-order valence-corrected chi connectivity index (χ3v) is 11.9. The molecule has 2 aromatic rings. The Morgan fingerprint density at radius 2 is 1.98 bits per heavy atom. The van der Waals surface area contributed by atoms with Crippen LogP contribution >= 0.6 is 0 Å². The summed E-state index contributed by atoms with van der Waals surface area (Å²) in [7, 11) is -2.82. The second kappa shape index (κ2) is 12.7. The molecule has 4 heterocycles. The number of carbonyl (C=O) groups is 2. The summed E-state index contributed by atoms with van der Waals surface area (Å²) < 4.78 is 8.70. The van der Waals surface area contributed by atoms with Crippen molar-refractivity contribution in [1.82, 2.24) is 15.0 Å². The Hall–Kier alpha value is -3.12. The predicted octanol–water partition coefficient (Wildman–Crippen LogP) is 4.48. The molecule has 1 spiro atoms. The topological polar surface area (TPSA) is 121 Å². The summed E-state index contributed by atoms with van der Waals surface area (Å²) in [6.07, 6.45) is 9.18. The first-order valence-corrected chi connectivity index (χ1v) is 18.8. The van der Waals surface area contributed by atoms with Gasteiger partial charge in [-0.15, -0.1) is 5.10 Å². The highest BCUT2D eigenvalue weighted by Crippen LogP contribution is 2.60. The molecule has 0 unspecified atom stereocenters. The number of aliphatic hydroxyl groups is 1. The number of β-lactam (4-membered cyclic amide) rings is 1. The quantitative estimate of drug-likeness (QED) is 0.204. The van der Waals surface area contributed by atoms with Crippen LogP contribution in [0.1, 0.15) is 64.6 Å². The largest absolute Gasteiger partial charge is 0.432 e. The van der Waals surface area contributed by atoms with E-state index in [0.717, 1.165) is 29.8 Å². The molecule has 238 valence electrons. The van der Waals surface area contributed by atoms with Crippen molar-refractivity contribution in [3.63, 3.8) is 0 Å². The molecule has 2 N–H and O–H groups in total. The first-order chi connectivity index (χ1) is 20.9. The van der Waals surface area contributed by atoms with Crippen molar-refractivity contribution < 1.29 is 24.2 Å². The standard InChI is InChI=1S/C33H47N5O5Si/c1-22(2)8-7-9-23(3)12-17-38-28-11-10-26(37-18-14-30(37)40)20-27(28)33(32(38)41)24(4)31(44(5,6)42)29(43-33)13-16-36-21-25(15-19-39)34-35-36/h8,10-12,20-21,24,29,31,39,42H,7,9,13-19H2,1-6H3/b23-12+/t24-,29+,31-,33+/m1/s1. The minimum atomic E-state index is -2.82. The van der Waals surface area contributed by atoms with Crippen LogP contribution in [0.15, 0.2) is 47.7 Å². The van der Waals surface area contributed by atoms with Crippen molar-refractivity contribution >= 4 is 31.5 Å². The summed E-state index contributed by atoms with van der Waals surface area (Å²) in [6, 6.07) is 5.85. The van der Waals surface area contributed by atoms with Gasteiger partial charge in [-0.05, 0) is 71.3 Å². The number of fused-ring (bicyclic) bond motifs is 2. The normalized spacial score (nSPS) is 25.2. The molecule has 0 radical (unpaired) electrons. The number of ether oxygens (including phenoxy) is 1. The number of hydrogen-bond acceptors (Lipinski definition) is 7. The summed E-state index contributed by atoms with van der Waals surface area (Å²) in [6.45, 7) is 13.8. The lowest BCUT2D eigenvalue weighted by Crippen LogP contribution is -2.46. The van der Waals surface area contributed by atoms with Crippen LogP contribution < -0.4 is 9.80 Å². The van der Waals surface area contributed by atoms with Crippen LogP contribution in [0.25, 0.3) is 0 Å². The van der Waals surface area contributed by atoms with Gasteiger partial charge in [0.1, 0.15) is 0 Å². The van der Waals surface area contributed by atoms with Gasteiger partial charge < -0.3 is 24.4 Å². The van der Waals surface area contributed by atoms with Gasteiger partial charge in [0.2, 0.25) is 5.91 Å². The maximum Gasteiger partial charge on any atom is 0.264 e. The number of nitrogens with zero attached hydrogens (tertiary/aromatic N) is 5. The van der Waals surface area contributed by atoms with E-state index in [1.54, 1.807) is 9.58 Å². The summed E-state index contributed by atoms with van der Waals surface area (Å²) >= 11 is 0. The van der Waals surface area contributed by atoms with Gasteiger partial charge >= 0.3 is 0 Å². The van der Waals surface area contributed by atoms with Gasteiger partial charge in [-0.3, -0.25) is 14.3 Å². The van der Waals surface area contributed by atoms with E-state index in [1.165, 1.54) is 11.1 Å². The molecule has 0 saturated carbocycles. The first-order valence-electron chi connectivity index (χ1n) is 15.8. The fourth-order valence-corrected chi connectivity index (χ4v) is 9.75. The monoisotopic (exact) mass is 621 g/mol. The van der Waals surface area contributed by atoms with Crippen LogP contribution in [0.4, 0.5) is 11.4 Å². The van der Waals surface area contributed by atoms with Crippen LogP contribution in [0.3, 0.4) is 0 Å². The molecule has 11 heteroatoms. The molecule has 3 aliphatic heterocycles. The van der Waals surface area contributed by atoms with Crippen LogP contribution in [0.2, 0.25) is 18.6 Å². The van der Waals surface area contributed by atoms with Gasteiger partial charge in [0.05, 0.1) is 17.5 Å². The van der Waals surface area contributed by atoms with E-state index in [9.17, 15) is 19.5 Å². The molecule has 10 nitrogen and oxygen atoms in total. The number of anilines is 2. The summed E-state index contributed by atoms with van der Waals surface area (Å²) in [5.74, 6) is -0.332. The van der Waals surface area contributed by atoms with E-state index >= 15 is 0 Å². The molecule has 4 atom stereocenters. The van der Waals surface area contributed by atoms with Crippen molar-refractivity contribution in [2.24, 2.45) is 5.92 Å². The molecular formula is C33H47N5O5Si. The van der Waals surface area contributed by atoms with Gasteiger partial charge in [-0.25, -0.2) is 0 Å². The van der Waals surface area contributed by atoms with E-state index in [0.29, 0.717) is 44.6 Å². The van der Waals surface area contributed by atoms with E-state index < -0.39 is 13.9 Å². The lowest BCUT2D eigenvalue weighted by atomic mass is 9.82. The SMILES string of the molecule is CC(C)=CCC/C(C)=C/CN1C(=O)[C@@]2(O[C@@H](CCn3cc(CCO)nn3)[C@H]([Si](C)(C)O)[C@H]2C)c2cc(N3CCC3=O)ccc21. The average molecular weight is 622 g/mol. The van der Waals surface area contributed by atoms with Crippen LogP contribution in [0, 0.1) is 5.92 Å². The zero-order valence-corrected chi connectivity index (χ0v) is 27.9. The second-order valence-corrected chi connectivity index (χ2v) is 17.4. The number of hydrogen-bond donors (Lipinski definition) is 2. The highest BCUT2D eigenvalue weighted by Gasteiger charge is 2.66. The van der Waals surface area contributed by atoms with E-state index in [1.807, 2.05) is 49.3 Å². The van der Waals surface area contributed by atoms with Crippen molar-refractivity contribution in [2.45, 2.75) is 96.7 Å². The average Bonchev–Trinajstić information content (AvgIpc) is 3.59. The molecule has 3 aliphatic rings. The molecule has 2 amide bonds. The molecule has 1 aromatic heterocycles. The number of amides is 2. The number of aryl methyl sites for hydroxylation is 1. The highest BCUT2D eigenvalue weighted by molar-refractivity contribution is 6.71. The Morgan fingerprint density at radius 3 is 2.61 bits per heavy atom. The molecule has 5 rings (SSSR count). The third-order valence-electron chi connectivity index (χ3n) is 9.44. The van der Waals surface area contributed by atoms with E-state index in [-0.39, 0.29) is 36.0 Å². The minimum Gasteiger partial charge on any atom is -0.432 e. The maximum absolute atomic E-state index is 14.7. The fraction of sp³-hybridized carbons (Fsp3) is 0.576. The molecule has 0 aliphatic carbocycles. The van der Waals surface area contributed by atoms with Crippen molar-refractivity contribution in [3.8, 4) is 0 Å². The molecule has 2 saturated heterocycles. The van der Waals surface area contributed by atoms with Crippen LogP contribution in [0.5, 0.6) is 0 Å². The van der Waals surface area contributed by atoms with Crippen LogP contribution in [-0.2, 0) is 32.9 Å². The fourth-order valence-electron chi connectivity index (χ4n) is 7.15. The van der Waals surface area contributed by atoms with Crippen LogP contribution in [-0.4, -0.2) is 70.8 Å². The number of benzene rings is 1. The van der Waals surface area contributed by atoms with E-state index in [2.05, 4.69) is 43.2 Å². The molecular weight excluding hydrogens is 574 g/mol. The highest BCUT2D eigenvalue weighted by atomic mass is 28.4. The molecule has 0 bridgehead atoms. The Morgan fingerprint density at radius 1 is 1.20 bits per heavy atom. The smallest absolute Gasteiger partial charge is 0.264 e. The number of carbonyl (C=O) groups excluding carboxylic acids is 2. The first kappa shape index (κ1) is 32.3. The van der Waals surface area contributed by atoms with Crippen molar-refractivity contribution in [1.29, 1.82) is 0 Å². The zero-order chi connectivity index (χ0) is 31.8. The lowest BCUT2D eigenvalue weighted by molar-refractivity contribution is -0.145. The van der Waals surface area contributed by atoms with Gasteiger partial charge in [-0.1, -0.05) is 35.4 Å². The van der Waals surface area contributed by atoms with Gasteiger partial charge in [-0.2, -0.15) is 0 Å². The third kappa shape index (κ3) is 6.07. The summed E-state index contributed by atoms with van der Waals surface area (Å²) in [5.41, 5.74) is 4.10. The van der Waals surface area contributed by atoms with E-state index in [4.69, 9.17) is 4.74 Å². The zero-order valence-electron chi connectivity index (χ0n) is 26.9. The number of allylic oxidation sites excluding steroid dienone is 3. The van der Waals surface area contributed by atoms with Crippen molar-refractivity contribution in [2.75, 3.05) is 29.5 Å². The number of rotatable bonds is 12. The Bertz CT molecular complexity index is 1460. The molecule has 2 fully saturated rings. The summed E-state index contributed by atoms with van der Waals surface area (Å²) in [5, 5.41) is 17.6. The Balaban J connectivity index is 1.49. The number of aromatic nitrogens is 3. The molecule has 1 aromatic carbocycles. The van der Waals surface area contributed by atoms with Gasteiger partial charge in [0, 0.05) is 68.0 Å². The Kier molecular flexibility index (Phi) is 9.32. The van der Waals surface area contributed by atoms with Gasteiger partial charge in [0.25, 0.3) is 5.91 Å². The lowest BCUT2D eigenvalue weighted by Gasteiger charge is -2.33. The predicted molar refractivity (Wildman–Crippen MR) is 173 cm³/mol. The minimum absolute atomic E-state index is 0.00401. The second-order valence-electron chi connectivity index (χ2n) is 13.4. The van der Waals surface area contributed by atoms with Crippen molar-refractivity contribution in [3.05, 3.63) is 59.0 Å². The number of aliphatic hydroxyl groups excluding tert-OH is 1. The Labute approximate surface area is 261 Å². The summed E-state index contributed by atoms with van der Waals surface area (Å²) in [4.78, 5) is 42.2.